The topological polar surface area (TPSA) is 62.7 Å². The summed E-state index contributed by atoms with van der Waals surface area (Å²) < 4.78 is 26.2. The van der Waals surface area contributed by atoms with Crippen molar-refractivity contribution in [3.63, 3.8) is 0 Å². The van der Waals surface area contributed by atoms with Gasteiger partial charge in [0.25, 0.3) is 0 Å². The van der Waals surface area contributed by atoms with Crippen molar-refractivity contribution in [3.8, 4) is 0 Å². The third-order valence-corrected chi connectivity index (χ3v) is 3.23. The highest BCUT2D eigenvalue weighted by atomic mass is 19.2. The predicted octanol–water partition coefficient (Wildman–Crippen LogP) is 4.25. The molecule has 0 spiro atoms. The fraction of sp³-hybridized carbons (Fsp3) is 0.118. The van der Waals surface area contributed by atoms with Gasteiger partial charge in [-0.05, 0) is 49.2 Å². The van der Waals surface area contributed by atoms with E-state index in [1.807, 2.05) is 26.0 Å². The van der Waals surface area contributed by atoms with Gasteiger partial charge < -0.3 is 10.6 Å². The molecule has 3 rings (SSSR count). The number of aryl methyl sites for hydroxylation is 2. The van der Waals surface area contributed by atoms with E-state index in [9.17, 15) is 8.78 Å². The Hall–Kier alpha value is -3.09. The van der Waals surface area contributed by atoms with Gasteiger partial charge in [-0.25, -0.2) is 8.78 Å². The first-order valence-electron chi connectivity index (χ1n) is 7.27. The Bertz CT molecular complexity index is 862. The molecule has 0 bridgehead atoms. The molecule has 122 valence electrons. The van der Waals surface area contributed by atoms with Gasteiger partial charge in [-0.1, -0.05) is 6.07 Å². The Labute approximate surface area is 137 Å². The summed E-state index contributed by atoms with van der Waals surface area (Å²) in [6.07, 6.45) is 1.48. The first kappa shape index (κ1) is 15.8. The van der Waals surface area contributed by atoms with E-state index in [1.54, 1.807) is 0 Å². The Kier molecular flexibility index (Phi) is 4.33. The average Bonchev–Trinajstić information content (AvgIpc) is 2.50. The van der Waals surface area contributed by atoms with Crippen LogP contribution in [0.15, 0.2) is 42.6 Å². The van der Waals surface area contributed by atoms with Crippen LogP contribution >= 0.6 is 0 Å². The fourth-order valence-corrected chi connectivity index (χ4v) is 2.31. The molecule has 0 radical (unpaired) electrons. The lowest BCUT2D eigenvalue weighted by atomic mass is 10.1. The quantitative estimate of drug-likeness (QED) is 0.750. The van der Waals surface area contributed by atoms with Crippen molar-refractivity contribution < 1.29 is 8.78 Å². The number of nitrogens with zero attached hydrogens (tertiary/aromatic N) is 3. The summed E-state index contributed by atoms with van der Waals surface area (Å²) in [7, 11) is 0. The summed E-state index contributed by atoms with van der Waals surface area (Å²) in [5.74, 6) is -1.20. The third kappa shape index (κ3) is 3.81. The van der Waals surface area contributed by atoms with Crippen molar-refractivity contribution in [2.24, 2.45) is 0 Å². The van der Waals surface area contributed by atoms with E-state index in [2.05, 4.69) is 31.9 Å². The maximum absolute atomic E-state index is 13.2. The van der Waals surface area contributed by atoms with Crippen LogP contribution in [0.2, 0.25) is 0 Å². The smallest absolute Gasteiger partial charge is 0.249 e. The highest BCUT2D eigenvalue weighted by Gasteiger charge is 2.06. The SMILES string of the molecule is Cc1cc(C)cc(Nc2cnnc(Nc3ccc(F)c(F)c3)n2)c1. The van der Waals surface area contributed by atoms with Gasteiger partial charge in [0.1, 0.15) is 0 Å². The molecule has 1 heterocycles. The molecule has 0 aliphatic heterocycles. The van der Waals surface area contributed by atoms with Gasteiger partial charge in [-0.3, -0.25) is 0 Å². The second kappa shape index (κ2) is 6.57. The van der Waals surface area contributed by atoms with Crippen LogP contribution in [-0.4, -0.2) is 15.2 Å². The summed E-state index contributed by atoms with van der Waals surface area (Å²) >= 11 is 0. The Balaban J connectivity index is 1.79. The molecule has 2 N–H and O–H groups in total. The van der Waals surface area contributed by atoms with Gasteiger partial charge >= 0.3 is 0 Å². The van der Waals surface area contributed by atoms with Gasteiger partial charge in [0, 0.05) is 17.4 Å². The highest BCUT2D eigenvalue weighted by molar-refractivity contribution is 5.60. The van der Waals surface area contributed by atoms with Crippen LogP contribution < -0.4 is 10.6 Å². The van der Waals surface area contributed by atoms with Crippen LogP contribution in [0.3, 0.4) is 0 Å². The normalized spacial score (nSPS) is 10.5. The summed E-state index contributed by atoms with van der Waals surface area (Å²) in [6.45, 7) is 4.01. The number of halogens is 2. The monoisotopic (exact) mass is 327 g/mol. The van der Waals surface area contributed by atoms with E-state index in [1.165, 1.54) is 12.3 Å². The number of aromatic nitrogens is 3. The highest BCUT2D eigenvalue weighted by Crippen LogP contribution is 2.20. The van der Waals surface area contributed by atoms with Crippen LogP contribution in [0, 0.1) is 25.5 Å². The van der Waals surface area contributed by atoms with Crippen LogP contribution in [0.5, 0.6) is 0 Å². The number of rotatable bonds is 4. The number of hydrogen-bond acceptors (Lipinski definition) is 5. The molecular weight excluding hydrogens is 312 g/mol. The van der Waals surface area contributed by atoms with Gasteiger partial charge in [-0.15, -0.1) is 5.10 Å². The average molecular weight is 327 g/mol. The zero-order valence-corrected chi connectivity index (χ0v) is 13.1. The molecule has 1 aromatic heterocycles. The minimum absolute atomic E-state index is 0.176. The zero-order valence-electron chi connectivity index (χ0n) is 13.1. The number of anilines is 4. The number of benzene rings is 2. The first-order valence-corrected chi connectivity index (χ1v) is 7.27. The second-order valence-corrected chi connectivity index (χ2v) is 5.42. The van der Waals surface area contributed by atoms with Crippen LogP contribution in [0.25, 0.3) is 0 Å². The van der Waals surface area contributed by atoms with Gasteiger partial charge in [-0.2, -0.15) is 10.1 Å². The van der Waals surface area contributed by atoms with Crippen LogP contribution in [0.4, 0.5) is 31.9 Å². The Morgan fingerprint density at radius 1 is 0.833 bits per heavy atom. The summed E-state index contributed by atoms with van der Waals surface area (Å²) in [5.41, 5.74) is 3.46. The van der Waals surface area contributed by atoms with Gasteiger partial charge in [0.15, 0.2) is 17.5 Å². The zero-order chi connectivity index (χ0) is 17.1. The first-order chi connectivity index (χ1) is 11.5. The van der Waals surface area contributed by atoms with E-state index in [0.29, 0.717) is 11.5 Å². The maximum Gasteiger partial charge on any atom is 0.249 e. The largest absolute Gasteiger partial charge is 0.339 e. The standard InChI is InChI=1S/C17H15F2N5/c1-10-5-11(2)7-13(6-10)21-16-9-20-24-17(23-16)22-12-3-4-14(18)15(19)8-12/h3-9H,1-2H3,(H2,21,22,23,24). The van der Waals surface area contributed by atoms with Gasteiger partial charge in [0.05, 0.1) is 6.20 Å². The van der Waals surface area contributed by atoms with E-state index in [4.69, 9.17) is 0 Å². The maximum atomic E-state index is 13.2. The van der Waals surface area contributed by atoms with E-state index in [0.717, 1.165) is 28.9 Å². The molecule has 3 aromatic rings. The van der Waals surface area contributed by atoms with Crippen molar-refractivity contribution in [2.75, 3.05) is 10.6 Å². The molecular formula is C17H15F2N5. The third-order valence-electron chi connectivity index (χ3n) is 3.23. The van der Waals surface area contributed by atoms with Crippen LogP contribution in [-0.2, 0) is 0 Å². The number of hydrogen-bond donors (Lipinski definition) is 2. The molecule has 0 aliphatic rings. The predicted molar refractivity (Wildman–Crippen MR) is 88.7 cm³/mol. The molecule has 24 heavy (non-hydrogen) atoms. The fourth-order valence-electron chi connectivity index (χ4n) is 2.31. The summed E-state index contributed by atoms with van der Waals surface area (Å²) in [5, 5.41) is 13.6. The van der Waals surface area contributed by atoms with Crippen molar-refractivity contribution in [2.45, 2.75) is 13.8 Å². The molecule has 0 fully saturated rings. The van der Waals surface area contributed by atoms with E-state index >= 15 is 0 Å². The van der Waals surface area contributed by atoms with E-state index in [-0.39, 0.29) is 5.95 Å². The minimum atomic E-state index is -0.947. The molecule has 0 amide bonds. The molecule has 0 unspecified atom stereocenters. The molecule has 0 aliphatic carbocycles. The lowest BCUT2D eigenvalue weighted by Gasteiger charge is -2.09. The lowest BCUT2D eigenvalue weighted by molar-refractivity contribution is 0.509. The summed E-state index contributed by atoms with van der Waals surface area (Å²) in [4.78, 5) is 4.26. The van der Waals surface area contributed by atoms with E-state index < -0.39 is 11.6 Å². The minimum Gasteiger partial charge on any atom is -0.339 e. The lowest BCUT2D eigenvalue weighted by Crippen LogP contribution is -2.03. The van der Waals surface area contributed by atoms with Crippen molar-refractivity contribution in [1.29, 1.82) is 0 Å². The van der Waals surface area contributed by atoms with Crippen LogP contribution in [0.1, 0.15) is 11.1 Å². The Morgan fingerprint density at radius 2 is 1.58 bits per heavy atom. The van der Waals surface area contributed by atoms with Crippen molar-refractivity contribution in [1.82, 2.24) is 15.2 Å². The van der Waals surface area contributed by atoms with Gasteiger partial charge in [0.2, 0.25) is 5.95 Å². The molecule has 7 heteroatoms. The second-order valence-electron chi connectivity index (χ2n) is 5.42. The Morgan fingerprint density at radius 3 is 2.29 bits per heavy atom. The molecule has 2 aromatic carbocycles. The van der Waals surface area contributed by atoms with Crippen molar-refractivity contribution in [3.05, 3.63) is 65.4 Å². The summed E-state index contributed by atoms with van der Waals surface area (Å²) in [6, 6.07) is 9.49. The molecule has 0 saturated carbocycles. The number of nitrogens with one attached hydrogen (secondary N) is 2. The molecule has 0 atom stereocenters. The van der Waals surface area contributed by atoms with Crippen molar-refractivity contribution >= 4 is 23.1 Å². The molecule has 0 saturated heterocycles. The molecule has 5 nitrogen and oxygen atoms in total.